The molecule has 3 rings (SSSR count). The van der Waals surface area contributed by atoms with Crippen LogP contribution in [0.3, 0.4) is 0 Å². The van der Waals surface area contributed by atoms with Gasteiger partial charge in [0.15, 0.2) is 0 Å². The van der Waals surface area contributed by atoms with Gasteiger partial charge in [0.1, 0.15) is 18.6 Å². The average Bonchev–Trinajstić information content (AvgIpc) is 2.67. The number of benzene rings is 1. The quantitative estimate of drug-likeness (QED) is 0.406. The van der Waals surface area contributed by atoms with Crippen molar-refractivity contribution in [1.82, 2.24) is 5.32 Å². The number of hydrogen-bond acceptors (Lipinski definition) is 4. The van der Waals surface area contributed by atoms with Gasteiger partial charge in [0, 0.05) is 0 Å². The topological polar surface area (TPSA) is 89.5 Å². The van der Waals surface area contributed by atoms with E-state index in [0.29, 0.717) is 31.2 Å². The lowest BCUT2D eigenvalue weighted by Gasteiger charge is -2.55. The van der Waals surface area contributed by atoms with Gasteiger partial charge in [-0.1, -0.05) is 49.6 Å². The Hall–Kier alpha value is -1.97. The number of nitrogens with one attached hydrogen (secondary N) is 1. The van der Waals surface area contributed by atoms with Gasteiger partial charge in [-0.2, -0.15) is 13.2 Å². The summed E-state index contributed by atoms with van der Waals surface area (Å²) in [4.78, 5) is 24.2. The fraction of sp³-hybridized carbons (Fsp3) is 0.600. The molecule has 2 fully saturated rings. The van der Waals surface area contributed by atoms with Crippen LogP contribution in [0.1, 0.15) is 37.7 Å². The first kappa shape index (κ1) is 21.7. The predicted molar refractivity (Wildman–Crippen MR) is 98.1 cm³/mol. The number of hydrogen-bond donors (Lipinski definition) is 2. The second-order valence-corrected chi connectivity index (χ2v) is 7.99. The van der Waals surface area contributed by atoms with Gasteiger partial charge in [0.25, 0.3) is 0 Å². The number of carbonyl (C=O) groups excluding carboxylic acids is 1. The summed E-state index contributed by atoms with van der Waals surface area (Å²) in [6.45, 7) is -0.887. The monoisotopic (exact) mass is 414 g/mol. The Morgan fingerprint density at radius 3 is 2.38 bits per heavy atom. The Morgan fingerprint density at radius 1 is 1.21 bits per heavy atom. The van der Waals surface area contributed by atoms with E-state index in [1.165, 1.54) is 0 Å². The Balaban J connectivity index is 1.72. The van der Waals surface area contributed by atoms with Crippen molar-refractivity contribution < 1.29 is 32.5 Å². The van der Waals surface area contributed by atoms with Crippen LogP contribution in [0.15, 0.2) is 30.3 Å². The lowest BCUT2D eigenvalue weighted by Crippen LogP contribution is -2.77. The molecule has 1 amide bonds. The van der Waals surface area contributed by atoms with Crippen molar-refractivity contribution in [3.05, 3.63) is 41.1 Å². The Labute approximate surface area is 166 Å². The van der Waals surface area contributed by atoms with Crippen LogP contribution in [0.25, 0.3) is 0 Å². The standard InChI is InChI=1S/C20H25F3N2O4/c21-20(22,23)17(14-9-5-2-6-10-14)24-12-25(29)16(19(27)28)15(18(25)26)11-13-7-3-1-4-8-13/h1,3-4,7-8,14-17,24H,2,5-6,9-12H2,(H,27,28)/t15-,16+,17+,25?/m1/s1. The zero-order valence-corrected chi connectivity index (χ0v) is 15.9. The van der Waals surface area contributed by atoms with Crippen molar-refractivity contribution in [3.63, 3.8) is 0 Å². The fourth-order valence-electron chi connectivity index (χ4n) is 4.61. The molecule has 160 valence electrons. The molecule has 1 saturated carbocycles. The third-order valence-corrected chi connectivity index (χ3v) is 6.09. The molecule has 1 heterocycles. The summed E-state index contributed by atoms with van der Waals surface area (Å²) >= 11 is 0. The Kier molecular flexibility index (Phi) is 6.30. The number of hydroxylamine groups is 3. The second kappa shape index (κ2) is 8.41. The molecule has 6 nitrogen and oxygen atoms in total. The third-order valence-electron chi connectivity index (χ3n) is 6.09. The van der Waals surface area contributed by atoms with E-state index in [2.05, 4.69) is 5.32 Å². The van der Waals surface area contributed by atoms with Crippen LogP contribution in [-0.4, -0.2) is 46.6 Å². The molecule has 1 aliphatic carbocycles. The number of carboxylic acids is 1. The van der Waals surface area contributed by atoms with Crippen molar-refractivity contribution >= 4 is 11.9 Å². The Morgan fingerprint density at radius 2 is 1.83 bits per heavy atom. The van der Waals surface area contributed by atoms with E-state index < -0.39 is 53.3 Å². The molecular weight excluding hydrogens is 389 g/mol. The second-order valence-electron chi connectivity index (χ2n) is 7.99. The molecule has 1 saturated heterocycles. The third kappa shape index (κ3) is 4.46. The molecule has 29 heavy (non-hydrogen) atoms. The zero-order valence-electron chi connectivity index (χ0n) is 15.9. The molecule has 1 aliphatic heterocycles. The molecule has 2 aliphatic rings. The fourth-order valence-corrected chi connectivity index (χ4v) is 4.61. The van der Waals surface area contributed by atoms with Gasteiger partial charge in [-0.25, -0.2) is 9.59 Å². The molecule has 1 aromatic carbocycles. The van der Waals surface area contributed by atoms with Gasteiger partial charge < -0.3 is 10.3 Å². The van der Waals surface area contributed by atoms with Crippen molar-refractivity contribution in [1.29, 1.82) is 0 Å². The number of carboxylic acid groups (broad SMARTS) is 1. The lowest BCUT2D eigenvalue weighted by atomic mass is 9.81. The van der Waals surface area contributed by atoms with Crippen LogP contribution in [0.2, 0.25) is 0 Å². The van der Waals surface area contributed by atoms with Gasteiger partial charge >= 0.3 is 18.1 Å². The molecule has 0 aromatic heterocycles. The van der Waals surface area contributed by atoms with E-state index in [9.17, 15) is 33.1 Å². The smallest absolute Gasteiger partial charge is 0.404 e. The maximum atomic E-state index is 13.5. The number of carbonyl (C=O) groups is 2. The first-order valence-electron chi connectivity index (χ1n) is 9.84. The van der Waals surface area contributed by atoms with Crippen molar-refractivity contribution in [3.8, 4) is 0 Å². The molecule has 0 radical (unpaired) electrons. The van der Waals surface area contributed by atoms with Gasteiger partial charge in [-0.15, -0.1) is 0 Å². The maximum Gasteiger partial charge on any atom is 0.404 e. The minimum absolute atomic E-state index is 0.0736. The van der Waals surface area contributed by atoms with Crippen LogP contribution < -0.4 is 5.32 Å². The number of likely N-dealkylation sites (tertiary alicyclic amines) is 1. The highest BCUT2D eigenvalue weighted by atomic mass is 19.4. The average molecular weight is 414 g/mol. The van der Waals surface area contributed by atoms with Crippen LogP contribution >= 0.6 is 0 Å². The zero-order chi connectivity index (χ0) is 21.2. The molecule has 0 bridgehead atoms. The number of β-lactam (4-membered cyclic amide) rings is 1. The molecule has 2 N–H and O–H groups in total. The molecule has 4 atom stereocenters. The molecule has 1 unspecified atom stereocenters. The number of quaternary nitrogens is 1. The first-order chi connectivity index (χ1) is 13.6. The van der Waals surface area contributed by atoms with Gasteiger partial charge in [-0.05, 0) is 30.7 Å². The normalized spacial score (nSPS) is 29.3. The highest BCUT2D eigenvalue weighted by Crippen LogP contribution is 2.39. The maximum absolute atomic E-state index is 13.5. The van der Waals surface area contributed by atoms with E-state index >= 15 is 0 Å². The number of rotatable bonds is 7. The van der Waals surface area contributed by atoms with E-state index in [-0.39, 0.29) is 6.42 Å². The highest BCUT2D eigenvalue weighted by molar-refractivity contribution is 5.90. The minimum atomic E-state index is -4.57. The predicted octanol–water partition coefficient (Wildman–Crippen LogP) is 3.21. The first-order valence-corrected chi connectivity index (χ1v) is 9.84. The van der Waals surface area contributed by atoms with Crippen molar-refractivity contribution in [2.24, 2.45) is 11.8 Å². The molecule has 9 heteroatoms. The molecule has 0 spiro atoms. The van der Waals surface area contributed by atoms with E-state index in [1.807, 2.05) is 0 Å². The van der Waals surface area contributed by atoms with Crippen molar-refractivity contribution in [2.75, 3.05) is 6.67 Å². The number of aliphatic carboxylic acids is 1. The Bertz CT molecular complexity index is 737. The summed E-state index contributed by atoms with van der Waals surface area (Å²) in [7, 11) is 0. The number of alkyl halides is 3. The summed E-state index contributed by atoms with van der Waals surface area (Å²) in [6, 6.07) is 5.12. The van der Waals surface area contributed by atoms with E-state index in [1.54, 1.807) is 30.3 Å². The van der Waals surface area contributed by atoms with E-state index in [4.69, 9.17) is 0 Å². The number of halogens is 3. The summed E-state index contributed by atoms with van der Waals surface area (Å²) in [5, 5.41) is 24.7. The van der Waals surface area contributed by atoms with Crippen LogP contribution in [0.5, 0.6) is 0 Å². The summed E-state index contributed by atoms with van der Waals surface area (Å²) in [5.74, 6) is -4.08. The number of nitrogens with zero attached hydrogens (tertiary/aromatic N) is 1. The van der Waals surface area contributed by atoms with Gasteiger partial charge in [0.05, 0.1) is 0 Å². The summed E-state index contributed by atoms with van der Waals surface area (Å²) in [6.07, 6.45) is -1.46. The summed E-state index contributed by atoms with van der Waals surface area (Å²) < 4.78 is 38.8. The van der Waals surface area contributed by atoms with Gasteiger partial charge in [0.2, 0.25) is 6.04 Å². The highest BCUT2D eigenvalue weighted by Gasteiger charge is 2.63. The van der Waals surface area contributed by atoms with Crippen molar-refractivity contribution in [2.45, 2.75) is 56.8 Å². The van der Waals surface area contributed by atoms with Crippen LogP contribution in [-0.2, 0) is 16.0 Å². The van der Waals surface area contributed by atoms with E-state index in [0.717, 1.165) is 6.42 Å². The number of amides is 1. The van der Waals surface area contributed by atoms with Crippen LogP contribution in [0.4, 0.5) is 13.2 Å². The lowest BCUT2D eigenvalue weighted by molar-refractivity contribution is -0.863. The van der Waals surface area contributed by atoms with Crippen LogP contribution in [0, 0.1) is 17.0 Å². The SMILES string of the molecule is O=C(O)[C@@H]1[C@@H](Cc2ccccc2)C(=O)[N+]1([O-])CN[C@@H](C1CCCCC1)C(F)(F)F. The van der Waals surface area contributed by atoms with Gasteiger partial charge in [-0.3, -0.25) is 9.96 Å². The molecular formula is C20H25F3N2O4. The molecule has 1 aromatic rings. The largest absolute Gasteiger partial charge is 0.624 e. The minimum Gasteiger partial charge on any atom is -0.624 e. The summed E-state index contributed by atoms with van der Waals surface area (Å²) in [5.41, 5.74) is 0.701.